The fourth-order valence-corrected chi connectivity index (χ4v) is 2.50. The summed E-state index contributed by atoms with van der Waals surface area (Å²) in [5.41, 5.74) is 0. The third kappa shape index (κ3) is 4.70. The number of likely N-dealkylation sites (tertiary alicyclic amines) is 1. The smallest absolute Gasteiger partial charge is 0.320 e. The van der Waals surface area contributed by atoms with Gasteiger partial charge in [-0.1, -0.05) is 0 Å². The van der Waals surface area contributed by atoms with Gasteiger partial charge in [-0.15, -0.1) is 0 Å². The summed E-state index contributed by atoms with van der Waals surface area (Å²) >= 11 is 0. The van der Waals surface area contributed by atoms with Crippen molar-refractivity contribution in [3.05, 3.63) is 0 Å². The first-order chi connectivity index (χ1) is 9.10. The maximum absolute atomic E-state index is 12.4. The molecule has 1 atom stereocenters. The zero-order chi connectivity index (χ0) is 14.3. The average molecular weight is 272 g/mol. The maximum atomic E-state index is 12.4. The number of piperidine rings is 1. The Morgan fingerprint density at radius 3 is 2.68 bits per heavy atom. The minimum atomic E-state index is -0.858. The Kier molecular flexibility index (Phi) is 6.62. The molecule has 110 valence electrons. The fraction of sp³-hybridized carbons (Fsp3) is 0.846. The zero-order valence-corrected chi connectivity index (χ0v) is 11.5. The molecule has 0 saturated carbocycles. The van der Waals surface area contributed by atoms with Crippen molar-refractivity contribution in [1.29, 1.82) is 0 Å². The van der Waals surface area contributed by atoms with E-state index in [1.807, 2.05) is 6.92 Å². The van der Waals surface area contributed by atoms with Gasteiger partial charge in [-0.05, 0) is 32.6 Å². The lowest BCUT2D eigenvalue weighted by Gasteiger charge is -2.38. The SMILES string of the molecule is CCN(CCCO)C(=O)N1CCCCC1CC(=O)O. The third-order valence-corrected chi connectivity index (χ3v) is 3.52. The highest BCUT2D eigenvalue weighted by Crippen LogP contribution is 2.21. The molecule has 1 saturated heterocycles. The van der Waals surface area contributed by atoms with Crippen molar-refractivity contribution in [2.45, 2.75) is 45.1 Å². The van der Waals surface area contributed by atoms with Gasteiger partial charge in [0.15, 0.2) is 0 Å². The van der Waals surface area contributed by atoms with Crippen LogP contribution in [0.1, 0.15) is 39.0 Å². The Morgan fingerprint density at radius 2 is 2.11 bits per heavy atom. The molecule has 2 N–H and O–H groups in total. The van der Waals surface area contributed by atoms with E-state index in [1.165, 1.54) is 0 Å². The van der Waals surface area contributed by atoms with Gasteiger partial charge in [0.1, 0.15) is 0 Å². The number of carbonyl (C=O) groups excluding carboxylic acids is 1. The fourth-order valence-electron chi connectivity index (χ4n) is 2.50. The molecule has 19 heavy (non-hydrogen) atoms. The van der Waals surface area contributed by atoms with Crippen LogP contribution in [0.4, 0.5) is 4.79 Å². The molecule has 1 fully saturated rings. The molecular formula is C13H24N2O4. The molecule has 1 rings (SSSR count). The van der Waals surface area contributed by atoms with Crippen LogP contribution < -0.4 is 0 Å². The number of nitrogens with zero attached hydrogens (tertiary/aromatic N) is 2. The lowest BCUT2D eigenvalue weighted by molar-refractivity contribution is -0.138. The molecule has 0 radical (unpaired) electrons. The first-order valence-corrected chi connectivity index (χ1v) is 6.98. The van der Waals surface area contributed by atoms with E-state index in [4.69, 9.17) is 10.2 Å². The van der Waals surface area contributed by atoms with Crippen LogP contribution in [0.5, 0.6) is 0 Å². The Bertz CT molecular complexity index is 309. The summed E-state index contributed by atoms with van der Waals surface area (Å²) < 4.78 is 0. The summed E-state index contributed by atoms with van der Waals surface area (Å²) in [6.07, 6.45) is 3.24. The van der Waals surface area contributed by atoms with Crippen molar-refractivity contribution in [3.63, 3.8) is 0 Å². The first-order valence-electron chi connectivity index (χ1n) is 6.98. The monoisotopic (exact) mass is 272 g/mol. The summed E-state index contributed by atoms with van der Waals surface area (Å²) in [7, 11) is 0. The minimum absolute atomic E-state index is 0.0172. The van der Waals surface area contributed by atoms with Gasteiger partial charge in [0, 0.05) is 32.3 Å². The molecule has 0 aromatic heterocycles. The topological polar surface area (TPSA) is 81.1 Å². The van der Waals surface area contributed by atoms with Crippen LogP contribution in [0.3, 0.4) is 0 Å². The van der Waals surface area contributed by atoms with Gasteiger partial charge in [0.25, 0.3) is 0 Å². The van der Waals surface area contributed by atoms with Crippen LogP contribution in [-0.2, 0) is 4.79 Å². The van der Waals surface area contributed by atoms with E-state index in [2.05, 4.69) is 0 Å². The van der Waals surface area contributed by atoms with E-state index in [1.54, 1.807) is 9.80 Å². The van der Waals surface area contributed by atoms with E-state index >= 15 is 0 Å². The molecule has 1 aliphatic heterocycles. The quantitative estimate of drug-likeness (QED) is 0.759. The average Bonchev–Trinajstić information content (AvgIpc) is 2.39. The number of urea groups is 1. The summed E-state index contributed by atoms with van der Waals surface area (Å²) in [4.78, 5) is 26.6. The molecule has 0 aromatic carbocycles. The van der Waals surface area contributed by atoms with Crippen molar-refractivity contribution >= 4 is 12.0 Å². The second kappa shape index (κ2) is 7.99. The number of aliphatic hydroxyl groups is 1. The lowest BCUT2D eigenvalue weighted by atomic mass is 10.00. The molecule has 6 nitrogen and oxygen atoms in total. The van der Waals surface area contributed by atoms with Crippen LogP contribution >= 0.6 is 0 Å². The van der Waals surface area contributed by atoms with Crippen LogP contribution in [-0.4, -0.2) is 64.3 Å². The number of carboxylic acid groups (broad SMARTS) is 1. The maximum Gasteiger partial charge on any atom is 0.320 e. The number of carboxylic acids is 1. The van der Waals surface area contributed by atoms with Gasteiger partial charge in [0.05, 0.1) is 6.42 Å². The normalized spacial score (nSPS) is 19.3. The van der Waals surface area contributed by atoms with E-state index < -0.39 is 5.97 Å². The standard InChI is InChI=1S/C13H24N2O4/c1-2-14(7-5-9-16)13(19)15-8-4-3-6-11(15)10-12(17)18/h11,16H,2-10H2,1H3,(H,17,18). The Labute approximate surface area is 114 Å². The van der Waals surface area contributed by atoms with Crippen LogP contribution in [0.25, 0.3) is 0 Å². The first kappa shape index (κ1) is 15.8. The molecule has 1 aliphatic rings. The Morgan fingerprint density at radius 1 is 1.37 bits per heavy atom. The van der Waals surface area contributed by atoms with Crippen molar-refractivity contribution in [1.82, 2.24) is 9.80 Å². The molecule has 0 bridgehead atoms. The second-order valence-corrected chi connectivity index (χ2v) is 4.88. The van der Waals surface area contributed by atoms with Gasteiger partial charge >= 0.3 is 12.0 Å². The third-order valence-electron chi connectivity index (χ3n) is 3.52. The second-order valence-electron chi connectivity index (χ2n) is 4.88. The van der Waals surface area contributed by atoms with E-state index in [0.717, 1.165) is 19.3 Å². The predicted octanol–water partition coefficient (Wildman–Crippen LogP) is 1.14. The van der Waals surface area contributed by atoms with Gasteiger partial charge in [0.2, 0.25) is 0 Å². The van der Waals surface area contributed by atoms with Crippen LogP contribution in [0, 0.1) is 0 Å². The number of aliphatic hydroxyl groups excluding tert-OH is 1. The van der Waals surface area contributed by atoms with E-state index in [9.17, 15) is 9.59 Å². The zero-order valence-electron chi connectivity index (χ0n) is 11.5. The minimum Gasteiger partial charge on any atom is -0.481 e. The molecule has 0 aliphatic carbocycles. The van der Waals surface area contributed by atoms with Crippen molar-refractivity contribution in [2.75, 3.05) is 26.2 Å². The van der Waals surface area contributed by atoms with Gasteiger partial charge < -0.3 is 20.0 Å². The number of carbonyl (C=O) groups is 2. The van der Waals surface area contributed by atoms with Gasteiger partial charge in [-0.25, -0.2) is 4.79 Å². The highest BCUT2D eigenvalue weighted by Gasteiger charge is 2.30. The van der Waals surface area contributed by atoms with Crippen LogP contribution in [0.2, 0.25) is 0 Å². The number of aliphatic carboxylic acids is 1. The molecule has 0 spiro atoms. The number of hydrogen-bond acceptors (Lipinski definition) is 3. The molecular weight excluding hydrogens is 248 g/mol. The number of amides is 2. The number of hydrogen-bond donors (Lipinski definition) is 2. The van der Waals surface area contributed by atoms with Gasteiger partial charge in [-0.2, -0.15) is 0 Å². The number of rotatable bonds is 6. The largest absolute Gasteiger partial charge is 0.481 e. The van der Waals surface area contributed by atoms with Crippen molar-refractivity contribution in [3.8, 4) is 0 Å². The summed E-state index contributed by atoms with van der Waals surface area (Å²) in [6.45, 7) is 3.68. The molecule has 1 unspecified atom stereocenters. The predicted molar refractivity (Wildman–Crippen MR) is 70.9 cm³/mol. The van der Waals surface area contributed by atoms with Gasteiger partial charge in [-0.3, -0.25) is 4.79 Å². The summed E-state index contributed by atoms with van der Waals surface area (Å²) in [6, 6.07) is -0.288. The summed E-state index contributed by atoms with van der Waals surface area (Å²) in [5.74, 6) is -0.858. The highest BCUT2D eigenvalue weighted by atomic mass is 16.4. The Hall–Kier alpha value is -1.30. The molecule has 1 heterocycles. The van der Waals surface area contributed by atoms with Crippen LogP contribution in [0.15, 0.2) is 0 Å². The highest BCUT2D eigenvalue weighted by molar-refractivity contribution is 5.76. The van der Waals surface area contributed by atoms with Crippen molar-refractivity contribution < 1.29 is 19.8 Å². The lowest BCUT2D eigenvalue weighted by Crippen LogP contribution is -2.51. The van der Waals surface area contributed by atoms with E-state index in [0.29, 0.717) is 26.1 Å². The molecule has 0 aromatic rings. The molecule has 6 heteroatoms. The summed E-state index contributed by atoms with van der Waals surface area (Å²) in [5, 5.41) is 17.8. The Balaban J connectivity index is 2.66. The van der Waals surface area contributed by atoms with Crippen molar-refractivity contribution in [2.24, 2.45) is 0 Å². The van der Waals surface area contributed by atoms with E-state index in [-0.39, 0.29) is 25.1 Å². The molecule has 2 amide bonds.